The molecule has 0 spiro atoms. The molecule has 0 unspecified atom stereocenters. The highest BCUT2D eigenvalue weighted by Gasteiger charge is 2.30. The third kappa shape index (κ3) is 3.62. The van der Waals surface area contributed by atoms with Gasteiger partial charge in [-0.15, -0.1) is 0 Å². The van der Waals surface area contributed by atoms with Crippen molar-refractivity contribution in [2.75, 3.05) is 26.2 Å². The zero-order valence-corrected chi connectivity index (χ0v) is 14.7. The molecule has 0 aromatic carbocycles. The van der Waals surface area contributed by atoms with Gasteiger partial charge in [-0.1, -0.05) is 18.0 Å². The molecule has 24 heavy (non-hydrogen) atoms. The molecule has 1 aliphatic heterocycles. The average Bonchev–Trinajstić information content (AvgIpc) is 3.23. The van der Waals surface area contributed by atoms with Crippen molar-refractivity contribution in [1.29, 1.82) is 0 Å². The maximum absolute atomic E-state index is 12.4. The molecule has 132 valence electrons. The molecule has 6 nitrogen and oxygen atoms in total. The van der Waals surface area contributed by atoms with E-state index in [2.05, 4.69) is 5.16 Å². The predicted molar refractivity (Wildman–Crippen MR) is 89.4 cm³/mol. The number of aryl methyl sites for hydroxylation is 2. The first kappa shape index (κ1) is 17.0. The van der Waals surface area contributed by atoms with E-state index in [0.717, 1.165) is 29.9 Å². The van der Waals surface area contributed by atoms with Gasteiger partial charge in [0, 0.05) is 44.1 Å². The van der Waals surface area contributed by atoms with E-state index in [1.807, 2.05) is 23.6 Å². The summed E-state index contributed by atoms with van der Waals surface area (Å²) in [7, 11) is 0. The number of aromatic nitrogens is 1. The van der Waals surface area contributed by atoms with Crippen molar-refractivity contribution in [3.05, 3.63) is 17.0 Å². The van der Waals surface area contributed by atoms with Gasteiger partial charge < -0.3 is 14.3 Å². The van der Waals surface area contributed by atoms with Crippen LogP contribution in [0.3, 0.4) is 0 Å². The third-order valence-electron chi connectivity index (χ3n) is 5.42. The zero-order chi connectivity index (χ0) is 17.1. The minimum Gasteiger partial charge on any atom is -0.361 e. The summed E-state index contributed by atoms with van der Waals surface area (Å²) in [5.41, 5.74) is 1.91. The van der Waals surface area contributed by atoms with Crippen molar-refractivity contribution in [2.45, 2.75) is 52.4 Å². The highest BCUT2D eigenvalue weighted by atomic mass is 16.5. The number of piperazine rings is 1. The Morgan fingerprint density at radius 1 is 1.08 bits per heavy atom. The van der Waals surface area contributed by atoms with Gasteiger partial charge in [0.05, 0.1) is 5.69 Å². The molecule has 0 N–H and O–H groups in total. The fraction of sp³-hybridized carbons (Fsp3) is 0.722. The van der Waals surface area contributed by atoms with E-state index in [1.165, 1.54) is 12.8 Å². The minimum atomic E-state index is 0.156. The number of hydrogen-bond acceptors (Lipinski definition) is 4. The molecule has 2 heterocycles. The van der Waals surface area contributed by atoms with Crippen molar-refractivity contribution in [3.8, 4) is 0 Å². The Morgan fingerprint density at radius 3 is 2.29 bits per heavy atom. The molecule has 3 rings (SSSR count). The summed E-state index contributed by atoms with van der Waals surface area (Å²) in [5.74, 6) is 1.48. The van der Waals surface area contributed by atoms with Gasteiger partial charge in [0.2, 0.25) is 11.8 Å². The standard InChI is InChI=1S/C18H27N3O3/c1-13-16(14(2)24-19-13)7-8-17(22)20-9-11-21(12-10-20)18(23)15-5-3-4-6-15/h15H,3-12H2,1-2H3. The molecule has 1 aromatic heterocycles. The molecule has 0 bridgehead atoms. The van der Waals surface area contributed by atoms with Crippen molar-refractivity contribution in [2.24, 2.45) is 5.92 Å². The number of hydrogen-bond donors (Lipinski definition) is 0. The maximum atomic E-state index is 12.4. The minimum absolute atomic E-state index is 0.156. The fourth-order valence-electron chi connectivity index (χ4n) is 3.86. The van der Waals surface area contributed by atoms with E-state index in [0.29, 0.717) is 44.9 Å². The molecular weight excluding hydrogens is 306 g/mol. The molecule has 0 radical (unpaired) electrons. The molecule has 1 saturated carbocycles. The largest absolute Gasteiger partial charge is 0.361 e. The van der Waals surface area contributed by atoms with Crippen LogP contribution in [-0.4, -0.2) is 52.9 Å². The molecule has 0 atom stereocenters. The van der Waals surface area contributed by atoms with E-state index in [4.69, 9.17) is 4.52 Å². The molecule has 2 aliphatic rings. The molecule has 2 amide bonds. The Kier molecular flexibility index (Phi) is 5.21. The summed E-state index contributed by atoms with van der Waals surface area (Å²) in [6.45, 7) is 6.44. The van der Waals surface area contributed by atoms with E-state index >= 15 is 0 Å². The summed E-state index contributed by atoms with van der Waals surface area (Å²) in [4.78, 5) is 28.7. The van der Waals surface area contributed by atoms with Crippen LogP contribution in [0.2, 0.25) is 0 Å². The lowest BCUT2D eigenvalue weighted by Crippen LogP contribution is -2.51. The van der Waals surface area contributed by atoms with Gasteiger partial charge in [-0.25, -0.2) is 0 Å². The number of nitrogens with zero attached hydrogens (tertiary/aromatic N) is 3. The topological polar surface area (TPSA) is 66.7 Å². The lowest BCUT2D eigenvalue weighted by molar-refractivity contribution is -0.142. The van der Waals surface area contributed by atoms with Gasteiger partial charge >= 0.3 is 0 Å². The summed E-state index contributed by atoms with van der Waals surface area (Å²) < 4.78 is 5.14. The fourth-order valence-corrected chi connectivity index (χ4v) is 3.86. The third-order valence-corrected chi connectivity index (χ3v) is 5.42. The Hall–Kier alpha value is -1.85. The lowest BCUT2D eigenvalue weighted by Gasteiger charge is -2.36. The smallest absolute Gasteiger partial charge is 0.225 e. The first-order valence-corrected chi connectivity index (χ1v) is 9.04. The van der Waals surface area contributed by atoms with Crippen LogP contribution in [0.4, 0.5) is 0 Å². The van der Waals surface area contributed by atoms with Gasteiger partial charge in [0.15, 0.2) is 0 Å². The summed E-state index contributed by atoms with van der Waals surface area (Å²) >= 11 is 0. The summed E-state index contributed by atoms with van der Waals surface area (Å²) in [5, 5.41) is 3.93. The molecule has 1 aliphatic carbocycles. The second kappa shape index (κ2) is 7.36. The average molecular weight is 333 g/mol. The van der Waals surface area contributed by atoms with E-state index < -0.39 is 0 Å². The van der Waals surface area contributed by atoms with Crippen molar-refractivity contribution < 1.29 is 14.1 Å². The predicted octanol–water partition coefficient (Wildman–Crippen LogP) is 2.09. The first-order chi connectivity index (χ1) is 11.6. The Morgan fingerprint density at radius 2 is 1.71 bits per heavy atom. The Bertz CT molecular complexity index is 577. The van der Waals surface area contributed by atoms with E-state index in [9.17, 15) is 9.59 Å². The van der Waals surface area contributed by atoms with Crippen LogP contribution >= 0.6 is 0 Å². The summed E-state index contributed by atoms with van der Waals surface area (Å²) in [6, 6.07) is 0. The van der Waals surface area contributed by atoms with Crippen LogP contribution in [0.15, 0.2) is 4.52 Å². The second-order valence-electron chi connectivity index (χ2n) is 6.99. The van der Waals surface area contributed by atoms with Crippen LogP contribution in [0.1, 0.15) is 49.1 Å². The normalized spacial score (nSPS) is 19.1. The highest BCUT2D eigenvalue weighted by molar-refractivity contribution is 5.80. The van der Waals surface area contributed by atoms with Gasteiger partial charge in [0.1, 0.15) is 5.76 Å². The molecule has 2 fully saturated rings. The Balaban J connectivity index is 1.45. The first-order valence-electron chi connectivity index (χ1n) is 9.04. The highest BCUT2D eigenvalue weighted by Crippen LogP contribution is 2.27. The van der Waals surface area contributed by atoms with E-state index in [1.54, 1.807) is 0 Å². The van der Waals surface area contributed by atoms with Crippen LogP contribution in [-0.2, 0) is 16.0 Å². The van der Waals surface area contributed by atoms with Gasteiger partial charge in [-0.2, -0.15) is 0 Å². The molecular formula is C18H27N3O3. The zero-order valence-electron chi connectivity index (χ0n) is 14.7. The molecule has 1 saturated heterocycles. The van der Waals surface area contributed by atoms with Crippen molar-refractivity contribution >= 4 is 11.8 Å². The summed E-state index contributed by atoms with van der Waals surface area (Å²) in [6.07, 6.45) is 5.57. The van der Waals surface area contributed by atoms with Crippen LogP contribution < -0.4 is 0 Å². The lowest BCUT2D eigenvalue weighted by atomic mass is 10.1. The quantitative estimate of drug-likeness (QED) is 0.846. The van der Waals surface area contributed by atoms with Gasteiger partial charge in [-0.3, -0.25) is 9.59 Å². The SMILES string of the molecule is Cc1noc(C)c1CCC(=O)N1CCN(C(=O)C2CCCC2)CC1. The maximum Gasteiger partial charge on any atom is 0.225 e. The van der Waals surface area contributed by atoms with Crippen LogP contribution in [0.25, 0.3) is 0 Å². The van der Waals surface area contributed by atoms with Crippen LogP contribution in [0, 0.1) is 19.8 Å². The van der Waals surface area contributed by atoms with Gasteiger partial charge in [-0.05, 0) is 33.1 Å². The monoisotopic (exact) mass is 333 g/mol. The van der Waals surface area contributed by atoms with Crippen molar-refractivity contribution in [1.82, 2.24) is 15.0 Å². The Labute approximate surface area is 143 Å². The van der Waals surface area contributed by atoms with Gasteiger partial charge in [0.25, 0.3) is 0 Å². The van der Waals surface area contributed by atoms with Crippen LogP contribution in [0.5, 0.6) is 0 Å². The number of carbonyl (C=O) groups is 2. The van der Waals surface area contributed by atoms with E-state index in [-0.39, 0.29) is 11.8 Å². The number of rotatable bonds is 4. The second-order valence-corrected chi connectivity index (χ2v) is 6.99. The molecule has 1 aromatic rings. The number of carbonyl (C=O) groups excluding carboxylic acids is 2. The number of amides is 2. The van der Waals surface area contributed by atoms with Crippen molar-refractivity contribution in [3.63, 3.8) is 0 Å². The molecule has 6 heteroatoms.